The molecule has 11 heavy (non-hydrogen) atoms. The first kappa shape index (κ1) is 7.88. The number of aliphatic imine (C=N–C) groups is 1. The Bertz CT molecular complexity index is 263. The first-order chi connectivity index (χ1) is 5.11. The van der Waals surface area contributed by atoms with Crippen LogP contribution in [0.1, 0.15) is 6.92 Å². The van der Waals surface area contributed by atoms with Gasteiger partial charge in [-0.3, -0.25) is 9.79 Å². The number of dihydropyridines is 1. The van der Waals surface area contributed by atoms with Gasteiger partial charge in [-0.25, -0.2) is 0 Å². The van der Waals surface area contributed by atoms with Crippen LogP contribution in [-0.2, 0) is 4.79 Å². The van der Waals surface area contributed by atoms with Gasteiger partial charge in [0, 0.05) is 6.92 Å². The molecule has 3 nitrogen and oxygen atoms in total. The van der Waals surface area contributed by atoms with Crippen molar-refractivity contribution >= 4 is 11.5 Å². The lowest BCUT2D eigenvalue weighted by Crippen LogP contribution is -2.25. The minimum atomic E-state index is -0.445. The van der Waals surface area contributed by atoms with Crippen molar-refractivity contribution in [2.45, 2.75) is 13.1 Å². The van der Waals surface area contributed by atoms with Gasteiger partial charge in [0.1, 0.15) is 11.9 Å². The van der Waals surface area contributed by atoms with Crippen molar-refractivity contribution in [1.29, 1.82) is 0 Å². The summed E-state index contributed by atoms with van der Waals surface area (Å²) in [7, 11) is 0. The number of nitrogens with zero attached hydrogens (tertiary/aromatic N) is 1. The van der Waals surface area contributed by atoms with Crippen molar-refractivity contribution in [3.8, 4) is 0 Å². The molecule has 0 fully saturated rings. The van der Waals surface area contributed by atoms with E-state index in [2.05, 4.69) is 11.6 Å². The number of rotatable bonds is 1. The van der Waals surface area contributed by atoms with Gasteiger partial charge in [-0.15, -0.1) is 0 Å². The number of carbonyl (C=O) groups excluding carboxylic acids is 1. The van der Waals surface area contributed by atoms with Crippen molar-refractivity contribution in [2.24, 2.45) is 10.7 Å². The summed E-state index contributed by atoms with van der Waals surface area (Å²) in [6, 6.07) is 0. The number of Topliss-reactive ketones (excluding diaryl/α,β-unsaturated/α-hetero) is 1. The van der Waals surface area contributed by atoms with Gasteiger partial charge in [0.15, 0.2) is 5.78 Å². The van der Waals surface area contributed by atoms with Crippen molar-refractivity contribution in [2.75, 3.05) is 0 Å². The van der Waals surface area contributed by atoms with E-state index in [4.69, 9.17) is 5.73 Å². The molecule has 2 N–H and O–H groups in total. The van der Waals surface area contributed by atoms with E-state index >= 15 is 0 Å². The molecule has 0 radical (unpaired) electrons. The summed E-state index contributed by atoms with van der Waals surface area (Å²) in [6.45, 7) is 5.12. The molecule has 1 aliphatic rings. The molecular weight excluding hydrogens is 140 g/mol. The average Bonchev–Trinajstić information content (AvgIpc) is 1.94. The first-order valence-electron chi connectivity index (χ1n) is 3.32. The van der Waals surface area contributed by atoms with E-state index in [0.717, 1.165) is 5.57 Å². The number of ketones is 1. The lowest BCUT2D eigenvalue weighted by Gasteiger charge is -2.11. The highest BCUT2D eigenvalue weighted by Gasteiger charge is 2.11. The quantitative estimate of drug-likeness (QED) is 0.589. The third kappa shape index (κ3) is 1.62. The van der Waals surface area contributed by atoms with Gasteiger partial charge in [0.25, 0.3) is 0 Å². The van der Waals surface area contributed by atoms with Gasteiger partial charge in [0.2, 0.25) is 0 Å². The molecule has 58 valence electrons. The van der Waals surface area contributed by atoms with Crippen molar-refractivity contribution in [3.05, 3.63) is 24.3 Å². The van der Waals surface area contributed by atoms with Crippen molar-refractivity contribution < 1.29 is 4.79 Å². The zero-order valence-corrected chi connectivity index (χ0v) is 6.37. The van der Waals surface area contributed by atoms with E-state index in [-0.39, 0.29) is 5.78 Å². The van der Waals surface area contributed by atoms with Crippen LogP contribution in [0.5, 0.6) is 0 Å². The molecule has 3 heteroatoms. The summed E-state index contributed by atoms with van der Waals surface area (Å²) >= 11 is 0. The summed E-state index contributed by atoms with van der Waals surface area (Å²) in [5.74, 6) is -0.0656. The number of carbonyl (C=O) groups is 1. The molecular formula is C8H10N2O. The maximum Gasteiger partial charge on any atom is 0.177 e. The van der Waals surface area contributed by atoms with Gasteiger partial charge < -0.3 is 5.73 Å². The zero-order chi connectivity index (χ0) is 8.43. The molecule has 0 amide bonds. The molecule has 1 rings (SSSR count). The highest BCUT2D eigenvalue weighted by atomic mass is 16.1. The van der Waals surface area contributed by atoms with Crippen molar-refractivity contribution in [3.63, 3.8) is 0 Å². The minimum Gasteiger partial charge on any atom is -0.306 e. The zero-order valence-electron chi connectivity index (χ0n) is 6.37. The van der Waals surface area contributed by atoms with Crippen molar-refractivity contribution in [1.82, 2.24) is 0 Å². The lowest BCUT2D eigenvalue weighted by atomic mass is 10.1. The molecule has 1 heterocycles. The predicted octanol–water partition coefficient (Wildman–Crippen LogP) is 0.427. The fourth-order valence-corrected chi connectivity index (χ4v) is 0.769. The highest BCUT2D eigenvalue weighted by molar-refractivity contribution is 6.43. The summed E-state index contributed by atoms with van der Waals surface area (Å²) in [5, 5.41) is 0. The molecule has 1 aliphatic heterocycles. The number of hydrogen-bond donors (Lipinski definition) is 1. The van der Waals surface area contributed by atoms with E-state index in [1.54, 1.807) is 12.2 Å². The Kier molecular flexibility index (Phi) is 2.01. The lowest BCUT2D eigenvalue weighted by molar-refractivity contribution is -0.111. The molecule has 0 aliphatic carbocycles. The fraction of sp³-hybridized carbons (Fsp3) is 0.250. The second-order valence-electron chi connectivity index (χ2n) is 2.42. The number of allylic oxidation sites excluding steroid dienone is 1. The maximum atomic E-state index is 10.8. The van der Waals surface area contributed by atoms with Crippen LogP contribution in [0.15, 0.2) is 29.3 Å². The summed E-state index contributed by atoms with van der Waals surface area (Å²) in [5.41, 5.74) is 6.67. The van der Waals surface area contributed by atoms with E-state index < -0.39 is 6.17 Å². The SMILES string of the molecule is C=C1C=CC(C(C)=O)=NC1N. The standard InChI is InChI=1S/C8H10N2O/c1-5-3-4-7(6(2)11)10-8(5)9/h3-4,8H,1,9H2,2H3. The van der Waals surface area contributed by atoms with E-state index in [1.165, 1.54) is 6.92 Å². The summed E-state index contributed by atoms with van der Waals surface area (Å²) in [6.07, 6.45) is 2.90. The average molecular weight is 150 g/mol. The predicted molar refractivity (Wildman–Crippen MR) is 44.4 cm³/mol. The highest BCUT2D eigenvalue weighted by Crippen LogP contribution is 2.07. The Labute approximate surface area is 65.3 Å². The molecule has 0 aromatic rings. The van der Waals surface area contributed by atoms with Gasteiger partial charge in [-0.1, -0.05) is 12.7 Å². The topological polar surface area (TPSA) is 55.5 Å². The monoisotopic (exact) mass is 150 g/mol. The normalized spacial score (nSPS) is 23.3. The summed E-state index contributed by atoms with van der Waals surface area (Å²) in [4.78, 5) is 14.7. The van der Waals surface area contributed by atoms with Gasteiger partial charge in [0.05, 0.1) is 0 Å². The van der Waals surface area contributed by atoms with Gasteiger partial charge >= 0.3 is 0 Å². The Morgan fingerprint density at radius 3 is 2.82 bits per heavy atom. The van der Waals surface area contributed by atoms with Crippen LogP contribution in [0.25, 0.3) is 0 Å². The molecule has 0 bridgehead atoms. The molecule has 0 aromatic heterocycles. The van der Waals surface area contributed by atoms with Crippen LogP contribution in [0.2, 0.25) is 0 Å². The third-order valence-electron chi connectivity index (χ3n) is 1.47. The van der Waals surface area contributed by atoms with Gasteiger partial charge in [-0.2, -0.15) is 0 Å². The van der Waals surface area contributed by atoms with Crippen LogP contribution >= 0.6 is 0 Å². The molecule has 0 spiro atoms. The minimum absolute atomic E-state index is 0.0656. The van der Waals surface area contributed by atoms with E-state index in [0.29, 0.717) is 5.71 Å². The molecule has 1 unspecified atom stereocenters. The Hall–Kier alpha value is -1.22. The Morgan fingerprint density at radius 2 is 2.36 bits per heavy atom. The summed E-state index contributed by atoms with van der Waals surface area (Å²) < 4.78 is 0. The van der Waals surface area contributed by atoms with Crippen LogP contribution in [-0.4, -0.2) is 17.7 Å². The maximum absolute atomic E-state index is 10.8. The Balaban J connectivity index is 2.88. The fourth-order valence-electron chi connectivity index (χ4n) is 0.769. The van der Waals surface area contributed by atoms with Crippen LogP contribution in [0.3, 0.4) is 0 Å². The molecule has 1 atom stereocenters. The molecule has 0 saturated heterocycles. The van der Waals surface area contributed by atoms with E-state index in [1.807, 2.05) is 0 Å². The van der Waals surface area contributed by atoms with E-state index in [9.17, 15) is 4.79 Å². The smallest absolute Gasteiger partial charge is 0.177 e. The third-order valence-corrected chi connectivity index (χ3v) is 1.47. The second kappa shape index (κ2) is 2.80. The molecule has 0 saturated carbocycles. The first-order valence-corrected chi connectivity index (χ1v) is 3.32. The largest absolute Gasteiger partial charge is 0.306 e. The van der Waals surface area contributed by atoms with Crippen LogP contribution in [0, 0.1) is 0 Å². The second-order valence-corrected chi connectivity index (χ2v) is 2.42. The van der Waals surface area contributed by atoms with Gasteiger partial charge in [-0.05, 0) is 11.6 Å². The number of nitrogens with two attached hydrogens (primary N) is 1. The molecule has 0 aromatic carbocycles. The van der Waals surface area contributed by atoms with Crippen LogP contribution in [0.4, 0.5) is 0 Å². The van der Waals surface area contributed by atoms with Crippen LogP contribution < -0.4 is 5.73 Å². The number of hydrogen-bond acceptors (Lipinski definition) is 3. The Morgan fingerprint density at radius 1 is 1.73 bits per heavy atom.